The molecule has 0 aliphatic rings. The van der Waals surface area contributed by atoms with Crippen LogP contribution in [0.4, 0.5) is 11.4 Å². The van der Waals surface area contributed by atoms with Crippen molar-refractivity contribution in [3.8, 4) is 11.5 Å². The molecule has 0 saturated heterocycles. The van der Waals surface area contributed by atoms with Crippen LogP contribution in [0.5, 0.6) is 11.5 Å². The zero-order valence-electron chi connectivity index (χ0n) is 18.5. The van der Waals surface area contributed by atoms with Crippen molar-refractivity contribution in [2.75, 3.05) is 29.0 Å². The van der Waals surface area contributed by atoms with Gasteiger partial charge in [0.1, 0.15) is 12.3 Å². The largest absolute Gasteiger partial charge is 0.462 e. The van der Waals surface area contributed by atoms with Crippen molar-refractivity contribution in [1.29, 1.82) is 0 Å². The lowest BCUT2D eigenvalue weighted by Crippen LogP contribution is -2.37. The monoisotopic (exact) mass is 502 g/mol. The molecule has 0 aromatic heterocycles. The third kappa shape index (κ3) is 6.49. The Morgan fingerprint density at radius 3 is 2.32 bits per heavy atom. The van der Waals surface area contributed by atoms with E-state index in [-0.39, 0.29) is 28.6 Å². The summed E-state index contributed by atoms with van der Waals surface area (Å²) < 4.78 is 36.9. The van der Waals surface area contributed by atoms with Crippen LogP contribution in [0.25, 0.3) is 0 Å². The van der Waals surface area contributed by atoms with Gasteiger partial charge in [0, 0.05) is 5.69 Å². The minimum absolute atomic E-state index is 0.0952. The van der Waals surface area contributed by atoms with Crippen molar-refractivity contribution < 1.29 is 27.5 Å². The zero-order valence-corrected chi connectivity index (χ0v) is 20.1. The second kappa shape index (κ2) is 11.0. The van der Waals surface area contributed by atoms with Crippen LogP contribution in [-0.4, -0.2) is 39.7 Å². The number of nitrogens with zero attached hydrogens (tertiary/aromatic N) is 1. The predicted octanol–water partition coefficient (Wildman–Crippen LogP) is 4.71. The molecule has 0 spiro atoms. The molecule has 3 rings (SSSR count). The van der Waals surface area contributed by atoms with Gasteiger partial charge in [0.25, 0.3) is 0 Å². The van der Waals surface area contributed by atoms with Crippen LogP contribution in [0.2, 0.25) is 5.02 Å². The molecule has 0 saturated carbocycles. The van der Waals surface area contributed by atoms with Gasteiger partial charge in [-0.2, -0.15) is 0 Å². The van der Waals surface area contributed by atoms with Gasteiger partial charge < -0.3 is 14.8 Å². The average molecular weight is 503 g/mol. The summed E-state index contributed by atoms with van der Waals surface area (Å²) in [6.45, 7) is 1.37. The Morgan fingerprint density at radius 1 is 1.00 bits per heavy atom. The normalized spacial score (nSPS) is 10.9. The van der Waals surface area contributed by atoms with E-state index in [0.717, 1.165) is 10.6 Å². The zero-order chi connectivity index (χ0) is 24.7. The minimum Gasteiger partial charge on any atom is -0.462 e. The van der Waals surface area contributed by atoms with E-state index >= 15 is 0 Å². The van der Waals surface area contributed by atoms with E-state index in [0.29, 0.717) is 11.4 Å². The first-order valence-corrected chi connectivity index (χ1v) is 12.5. The van der Waals surface area contributed by atoms with Crippen LogP contribution in [0.1, 0.15) is 17.3 Å². The molecule has 0 radical (unpaired) electrons. The van der Waals surface area contributed by atoms with Crippen molar-refractivity contribution in [3.63, 3.8) is 0 Å². The number of hydrogen-bond acceptors (Lipinski definition) is 6. The number of para-hydroxylation sites is 3. The summed E-state index contributed by atoms with van der Waals surface area (Å²) in [5, 5.41) is 2.70. The van der Waals surface area contributed by atoms with E-state index in [1.807, 2.05) is 6.07 Å². The Hall–Kier alpha value is -3.56. The fourth-order valence-corrected chi connectivity index (χ4v) is 4.16. The molecular weight excluding hydrogens is 480 g/mol. The first kappa shape index (κ1) is 25.1. The quantitative estimate of drug-likeness (QED) is 0.425. The molecule has 10 heteroatoms. The third-order valence-corrected chi connectivity index (χ3v) is 5.98. The Morgan fingerprint density at radius 2 is 1.68 bits per heavy atom. The maximum absolute atomic E-state index is 12.8. The van der Waals surface area contributed by atoms with E-state index < -0.39 is 28.4 Å². The third-order valence-electron chi connectivity index (χ3n) is 4.54. The van der Waals surface area contributed by atoms with Crippen molar-refractivity contribution in [3.05, 3.63) is 83.4 Å². The summed E-state index contributed by atoms with van der Waals surface area (Å²) >= 11 is 6.14. The molecule has 0 bridgehead atoms. The standard InChI is InChI=1S/C24H23ClN2O6S/c1-3-32-24(29)19-14-13-17(15-20(19)25)26-23(28)16-27(34(2,30)31)21-11-7-8-12-22(21)33-18-9-5-4-6-10-18/h4-15H,3,16H2,1-2H3,(H,26,28). The SMILES string of the molecule is CCOC(=O)c1ccc(NC(=O)CN(c2ccccc2Oc2ccccc2)S(C)(=O)=O)cc1Cl. The first-order valence-electron chi connectivity index (χ1n) is 10.2. The summed E-state index contributed by atoms with van der Waals surface area (Å²) in [7, 11) is -3.85. The summed E-state index contributed by atoms with van der Waals surface area (Å²) in [5.74, 6) is -0.401. The van der Waals surface area contributed by atoms with Gasteiger partial charge in [-0.25, -0.2) is 13.2 Å². The number of anilines is 2. The predicted molar refractivity (Wildman–Crippen MR) is 131 cm³/mol. The first-order chi connectivity index (χ1) is 16.2. The Bertz CT molecular complexity index is 1280. The topological polar surface area (TPSA) is 102 Å². The van der Waals surface area contributed by atoms with Crippen LogP contribution in [0.3, 0.4) is 0 Å². The number of rotatable bonds is 9. The van der Waals surface area contributed by atoms with E-state index in [4.69, 9.17) is 21.1 Å². The van der Waals surface area contributed by atoms with Gasteiger partial charge in [0.05, 0.1) is 29.1 Å². The number of ether oxygens (including phenoxy) is 2. The van der Waals surface area contributed by atoms with Crippen LogP contribution >= 0.6 is 11.6 Å². The second-order valence-electron chi connectivity index (χ2n) is 7.12. The highest BCUT2D eigenvalue weighted by Gasteiger charge is 2.24. The number of carbonyl (C=O) groups excluding carboxylic acids is 2. The lowest BCUT2D eigenvalue weighted by atomic mass is 10.2. The molecule has 8 nitrogen and oxygen atoms in total. The van der Waals surface area contributed by atoms with Crippen molar-refractivity contribution >= 4 is 44.9 Å². The number of amides is 1. The number of hydrogen-bond donors (Lipinski definition) is 1. The molecule has 0 unspecified atom stereocenters. The summed E-state index contributed by atoms with van der Waals surface area (Å²) in [6, 6.07) is 19.7. The molecule has 3 aromatic rings. The molecule has 0 heterocycles. The highest BCUT2D eigenvalue weighted by molar-refractivity contribution is 7.92. The van der Waals surface area contributed by atoms with E-state index in [2.05, 4.69) is 5.32 Å². The average Bonchev–Trinajstić information content (AvgIpc) is 2.78. The summed E-state index contributed by atoms with van der Waals surface area (Å²) in [4.78, 5) is 24.6. The Balaban J connectivity index is 1.82. The highest BCUT2D eigenvalue weighted by Crippen LogP contribution is 2.33. The highest BCUT2D eigenvalue weighted by atomic mass is 35.5. The molecule has 178 valence electrons. The molecule has 1 amide bonds. The Kier molecular flexibility index (Phi) is 8.14. The second-order valence-corrected chi connectivity index (χ2v) is 9.43. The molecule has 1 N–H and O–H groups in total. The minimum atomic E-state index is -3.85. The van der Waals surface area contributed by atoms with Crippen molar-refractivity contribution in [2.45, 2.75) is 6.92 Å². The molecule has 0 atom stereocenters. The van der Waals surface area contributed by atoms with Crippen LogP contribution in [0, 0.1) is 0 Å². The number of sulfonamides is 1. The molecule has 0 aliphatic heterocycles. The van der Waals surface area contributed by atoms with Gasteiger partial charge in [0.2, 0.25) is 15.9 Å². The summed E-state index contributed by atoms with van der Waals surface area (Å²) in [5.41, 5.74) is 0.663. The lowest BCUT2D eigenvalue weighted by molar-refractivity contribution is -0.114. The molecule has 34 heavy (non-hydrogen) atoms. The fourth-order valence-electron chi connectivity index (χ4n) is 3.04. The number of carbonyl (C=O) groups is 2. The van der Waals surface area contributed by atoms with E-state index in [1.54, 1.807) is 55.5 Å². The van der Waals surface area contributed by atoms with Crippen molar-refractivity contribution in [2.24, 2.45) is 0 Å². The van der Waals surface area contributed by atoms with Gasteiger partial charge in [0.15, 0.2) is 5.75 Å². The number of halogens is 1. The maximum Gasteiger partial charge on any atom is 0.339 e. The van der Waals surface area contributed by atoms with Gasteiger partial charge in [-0.15, -0.1) is 0 Å². The number of nitrogens with one attached hydrogen (secondary N) is 1. The molecule has 3 aromatic carbocycles. The Labute approximate surface area is 203 Å². The van der Waals surface area contributed by atoms with Crippen molar-refractivity contribution in [1.82, 2.24) is 0 Å². The molecule has 0 aliphatic carbocycles. The van der Waals surface area contributed by atoms with E-state index in [9.17, 15) is 18.0 Å². The van der Waals surface area contributed by atoms with Gasteiger partial charge in [-0.1, -0.05) is 41.9 Å². The maximum atomic E-state index is 12.8. The van der Waals surface area contributed by atoms with E-state index in [1.165, 1.54) is 18.2 Å². The van der Waals surface area contributed by atoms with Crippen LogP contribution in [-0.2, 0) is 19.6 Å². The number of benzene rings is 3. The van der Waals surface area contributed by atoms with Gasteiger partial charge in [-0.3, -0.25) is 9.10 Å². The summed E-state index contributed by atoms with van der Waals surface area (Å²) in [6.07, 6.45) is 1.00. The lowest BCUT2D eigenvalue weighted by Gasteiger charge is -2.24. The van der Waals surface area contributed by atoms with Gasteiger partial charge >= 0.3 is 5.97 Å². The smallest absolute Gasteiger partial charge is 0.339 e. The van der Waals surface area contributed by atoms with Gasteiger partial charge in [-0.05, 0) is 49.4 Å². The number of esters is 1. The molecule has 0 fully saturated rings. The van der Waals surface area contributed by atoms with Crippen LogP contribution in [0.15, 0.2) is 72.8 Å². The molecular formula is C24H23ClN2O6S. The fraction of sp³-hybridized carbons (Fsp3) is 0.167. The van der Waals surface area contributed by atoms with Crippen LogP contribution < -0.4 is 14.4 Å².